The Hall–Kier alpha value is -2.19. The standard InChI is InChI=1S/C16H22N2O5S/c1-5-10-17-16(20)13(3)23-15(19)11-18(4)24(21,22)14-8-6-12(2)7-9-14/h5-9,13H,1,10-11H2,2-4H3,(H,17,20). The Balaban J connectivity index is 2.67. The van der Waals surface area contributed by atoms with Crippen LogP contribution >= 0.6 is 0 Å². The van der Waals surface area contributed by atoms with Crippen molar-refractivity contribution < 1.29 is 22.7 Å². The Kier molecular flexibility index (Phi) is 7.12. The van der Waals surface area contributed by atoms with E-state index in [1.807, 2.05) is 6.92 Å². The lowest BCUT2D eigenvalue weighted by molar-refractivity contribution is -0.154. The van der Waals surface area contributed by atoms with Crippen LogP contribution in [-0.2, 0) is 24.3 Å². The number of carbonyl (C=O) groups excluding carboxylic acids is 2. The highest BCUT2D eigenvalue weighted by molar-refractivity contribution is 7.89. The minimum absolute atomic E-state index is 0.0835. The van der Waals surface area contributed by atoms with Gasteiger partial charge in [-0.25, -0.2) is 8.42 Å². The smallest absolute Gasteiger partial charge is 0.322 e. The molecule has 0 aromatic heterocycles. The normalized spacial score (nSPS) is 12.5. The summed E-state index contributed by atoms with van der Waals surface area (Å²) in [5.41, 5.74) is 0.926. The number of esters is 1. The largest absolute Gasteiger partial charge is 0.452 e. The van der Waals surface area contributed by atoms with Crippen LogP contribution in [0.1, 0.15) is 12.5 Å². The molecule has 1 amide bonds. The van der Waals surface area contributed by atoms with Gasteiger partial charge >= 0.3 is 5.97 Å². The highest BCUT2D eigenvalue weighted by Crippen LogP contribution is 2.15. The third-order valence-electron chi connectivity index (χ3n) is 3.18. The van der Waals surface area contributed by atoms with Crippen LogP contribution in [0.15, 0.2) is 41.8 Å². The van der Waals surface area contributed by atoms with Gasteiger partial charge in [0.05, 0.1) is 4.90 Å². The summed E-state index contributed by atoms with van der Waals surface area (Å²) in [6, 6.07) is 6.28. The minimum Gasteiger partial charge on any atom is -0.452 e. The molecule has 132 valence electrons. The zero-order chi connectivity index (χ0) is 18.3. The van der Waals surface area contributed by atoms with Crippen LogP contribution in [0.5, 0.6) is 0 Å². The number of likely N-dealkylation sites (N-methyl/N-ethyl adjacent to an activating group) is 1. The molecule has 0 aliphatic rings. The lowest BCUT2D eigenvalue weighted by atomic mass is 10.2. The topological polar surface area (TPSA) is 92.8 Å². The fourth-order valence-corrected chi connectivity index (χ4v) is 2.88. The second kappa shape index (κ2) is 8.60. The first-order chi connectivity index (χ1) is 11.2. The molecule has 1 aromatic carbocycles. The molecule has 0 heterocycles. The van der Waals surface area contributed by atoms with E-state index in [1.54, 1.807) is 12.1 Å². The first-order valence-electron chi connectivity index (χ1n) is 7.29. The van der Waals surface area contributed by atoms with E-state index in [1.165, 1.54) is 32.2 Å². The number of benzene rings is 1. The fourth-order valence-electron chi connectivity index (χ4n) is 1.76. The molecule has 0 spiro atoms. The number of carbonyl (C=O) groups is 2. The van der Waals surface area contributed by atoms with Crippen molar-refractivity contribution in [2.24, 2.45) is 0 Å². The fraction of sp³-hybridized carbons (Fsp3) is 0.375. The maximum atomic E-state index is 12.4. The summed E-state index contributed by atoms with van der Waals surface area (Å²) in [5.74, 6) is -1.29. The summed E-state index contributed by atoms with van der Waals surface area (Å²) in [6.45, 7) is 6.47. The molecule has 0 saturated carbocycles. The summed E-state index contributed by atoms with van der Waals surface area (Å²) >= 11 is 0. The van der Waals surface area contributed by atoms with Gasteiger partial charge in [0.2, 0.25) is 10.0 Å². The highest BCUT2D eigenvalue weighted by atomic mass is 32.2. The first kappa shape index (κ1) is 19.9. The van der Waals surface area contributed by atoms with Crippen LogP contribution in [0.2, 0.25) is 0 Å². The van der Waals surface area contributed by atoms with Crippen LogP contribution in [0, 0.1) is 6.92 Å². The molecule has 1 unspecified atom stereocenters. The monoisotopic (exact) mass is 354 g/mol. The molecular formula is C16H22N2O5S. The Morgan fingerprint density at radius 2 is 1.92 bits per heavy atom. The predicted octanol–water partition coefficient (Wildman–Crippen LogP) is 0.849. The Morgan fingerprint density at radius 1 is 1.33 bits per heavy atom. The van der Waals surface area contributed by atoms with Gasteiger partial charge in [0.1, 0.15) is 6.54 Å². The van der Waals surface area contributed by atoms with E-state index in [-0.39, 0.29) is 11.4 Å². The van der Waals surface area contributed by atoms with Crippen molar-refractivity contribution in [2.45, 2.75) is 24.8 Å². The molecule has 0 saturated heterocycles. The highest BCUT2D eigenvalue weighted by Gasteiger charge is 2.25. The average molecular weight is 354 g/mol. The van der Waals surface area contributed by atoms with Crippen molar-refractivity contribution >= 4 is 21.9 Å². The Morgan fingerprint density at radius 3 is 2.46 bits per heavy atom. The van der Waals surface area contributed by atoms with Crippen LogP contribution in [0.4, 0.5) is 0 Å². The molecule has 0 fully saturated rings. The number of nitrogens with one attached hydrogen (secondary N) is 1. The Labute approximate surface area is 142 Å². The van der Waals surface area contributed by atoms with Crippen molar-refractivity contribution in [3.05, 3.63) is 42.5 Å². The molecule has 0 radical (unpaired) electrons. The summed E-state index contributed by atoms with van der Waals surface area (Å²) in [5, 5.41) is 2.49. The van der Waals surface area contributed by atoms with E-state index in [9.17, 15) is 18.0 Å². The van der Waals surface area contributed by atoms with Crippen LogP contribution in [0.3, 0.4) is 0 Å². The predicted molar refractivity (Wildman–Crippen MR) is 89.8 cm³/mol. The second-order valence-corrected chi connectivity index (χ2v) is 7.28. The summed E-state index contributed by atoms with van der Waals surface area (Å²) in [7, 11) is -2.53. The van der Waals surface area contributed by atoms with E-state index in [4.69, 9.17) is 4.74 Å². The number of amides is 1. The van der Waals surface area contributed by atoms with Crippen molar-refractivity contribution in [1.29, 1.82) is 0 Å². The quantitative estimate of drug-likeness (QED) is 0.552. The minimum atomic E-state index is -3.80. The zero-order valence-electron chi connectivity index (χ0n) is 14.0. The van der Waals surface area contributed by atoms with Gasteiger partial charge in [-0.3, -0.25) is 9.59 Å². The third-order valence-corrected chi connectivity index (χ3v) is 5.00. The average Bonchev–Trinajstić information content (AvgIpc) is 2.52. The summed E-state index contributed by atoms with van der Waals surface area (Å²) in [6.07, 6.45) is 0.474. The van der Waals surface area contributed by atoms with Crippen molar-refractivity contribution in [3.8, 4) is 0 Å². The van der Waals surface area contributed by atoms with E-state index in [0.29, 0.717) is 0 Å². The number of nitrogens with zero attached hydrogens (tertiary/aromatic N) is 1. The van der Waals surface area contributed by atoms with Gasteiger partial charge in [0.25, 0.3) is 5.91 Å². The SMILES string of the molecule is C=CCNC(=O)C(C)OC(=O)CN(C)S(=O)(=O)c1ccc(C)cc1. The third kappa shape index (κ3) is 5.47. The van der Waals surface area contributed by atoms with Crippen LogP contribution < -0.4 is 5.32 Å². The van der Waals surface area contributed by atoms with Gasteiger partial charge in [-0.1, -0.05) is 23.8 Å². The summed E-state index contributed by atoms with van der Waals surface area (Å²) < 4.78 is 30.6. The first-order valence-corrected chi connectivity index (χ1v) is 8.73. The van der Waals surface area contributed by atoms with E-state index in [2.05, 4.69) is 11.9 Å². The van der Waals surface area contributed by atoms with Gasteiger partial charge in [-0.15, -0.1) is 6.58 Å². The lowest BCUT2D eigenvalue weighted by Crippen LogP contribution is -2.39. The van der Waals surface area contributed by atoms with Crippen molar-refractivity contribution in [2.75, 3.05) is 20.1 Å². The maximum absolute atomic E-state index is 12.4. The molecule has 1 aromatic rings. The molecular weight excluding hydrogens is 332 g/mol. The molecule has 24 heavy (non-hydrogen) atoms. The van der Waals surface area contributed by atoms with Gasteiger partial charge in [-0.05, 0) is 26.0 Å². The molecule has 7 nitrogen and oxygen atoms in total. The van der Waals surface area contributed by atoms with Crippen LogP contribution in [-0.4, -0.2) is 50.8 Å². The van der Waals surface area contributed by atoms with E-state index in [0.717, 1.165) is 9.87 Å². The van der Waals surface area contributed by atoms with E-state index >= 15 is 0 Å². The van der Waals surface area contributed by atoms with Gasteiger partial charge in [-0.2, -0.15) is 4.31 Å². The molecule has 1 atom stereocenters. The van der Waals surface area contributed by atoms with E-state index < -0.39 is 34.5 Å². The zero-order valence-corrected chi connectivity index (χ0v) is 14.8. The number of aryl methyl sites for hydroxylation is 1. The van der Waals surface area contributed by atoms with Crippen LogP contribution in [0.25, 0.3) is 0 Å². The second-order valence-electron chi connectivity index (χ2n) is 5.24. The lowest BCUT2D eigenvalue weighted by Gasteiger charge is -2.18. The van der Waals surface area contributed by atoms with Gasteiger partial charge in [0, 0.05) is 13.6 Å². The van der Waals surface area contributed by atoms with Crippen molar-refractivity contribution in [1.82, 2.24) is 9.62 Å². The van der Waals surface area contributed by atoms with Gasteiger partial charge < -0.3 is 10.1 Å². The number of hydrogen-bond donors (Lipinski definition) is 1. The number of sulfonamides is 1. The molecule has 0 bridgehead atoms. The molecule has 0 aliphatic heterocycles. The van der Waals surface area contributed by atoms with Crippen molar-refractivity contribution in [3.63, 3.8) is 0 Å². The number of hydrogen-bond acceptors (Lipinski definition) is 5. The number of rotatable bonds is 8. The molecule has 0 aliphatic carbocycles. The number of ether oxygens (including phenoxy) is 1. The molecule has 1 N–H and O–H groups in total. The molecule has 8 heteroatoms. The maximum Gasteiger partial charge on any atom is 0.322 e. The molecule has 1 rings (SSSR count). The Bertz CT molecular complexity index is 698. The summed E-state index contributed by atoms with van der Waals surface area (Å²) in [4.78, 5) is 23.5. The van der Waals surface area contributed by atoms with Gasteiger partial charge in [0.15, 0.2) is 6.10 Å².